The van der Waals surface area contributed by atoms with E-state index in [2.05, 4.69) is 30.4 Å². The molecule has 0 saturated carbocycles. The summed E-state index contributed by atoms with van der Waals surface area (Å²) in [6, 6.07) is 10.9. The number of carbonyl (C=O) groups excluding carboxylic acids is 1. The van der Waals surface area contributed by atoms with E-state index in [1.165, 1.54) is 42.4 Å². The molecule has 0 spiro atoms. The number of amides is 1. The Bertz CT molecular complexity index is 633. The van der Waals surface area contributed by atoms with E-state index in [-0.39, 0.29) is 11.9 Å². The molecule has 1 aliphatic carbocycles. The number of nitrogens with one attached hydrogen (secondary N) is 1. The maximum atomic E-state index is 12.2. The molecule has 3 heteroatoms. The zero-order chi connectivity index (χ0) is 15.4. The minimum atomic E-state index is 0.118. The summed E-state index contributed by atoms with van der Waals surface area (Å²) in [7, 11) is 0. The van der Waals surface area contributed by atoms with Crippen molar-refractivity contribution < 1.29 is 4.79 Å². The summed E-state index contributed by atoms with van der Waals surface area (Å²) in [5.74, 6) is 0.118. The van der Waals surface area contributed by atoms with Crippen LogP contribution in [0.2, 0.25) is 0 Å². The molecule has 0 saturated heterocycles. The van der Waals surface area contributed by atoms with Gasteiger partial charge in [0.25, 0.3) is 0 Å². The van der Waals surface area contributed by atoms with Crippen molar-refractivity contribution in [2.24, 2.45) is 0 Å². The minimum absolute atomic E-state index is 0.118. The van der Waals surface area contributed by atoms with Gasteiger partial charge in [0.1, 0.15) is 0 Å². The van der Waals surface area contributed by atoms with Gasteiger partial charge < -0.3 is 5.32 Å². The molecule has 1 aromatic carbocycles. The standard InChI is InChI=1S/C19H23NOS/c1-2-18(20-19(21)13-17-8-5-11-22-17)16-10-9-14-6-3-4-7-15(14)12-16/h5,8-12,18H,2-4,6-7,13H2,1H3,(H,20,21)/t18-/m0/s1. The molecule has 22 heavy (non-hydrogen) atoms. The van der Waals surface area contributed by atoms with Crippen LogP contribution in [0.1, 0.15) is 53.8 Å². The number of thiophene rings is 1. The third-order valence-corrected chi connectivity index (χ3v) is 5.31. The molecular weight excluding hydrogens is 290 g/mol. The zero-order valence-corrected chi connectivity index (χ0v) is 13.9. The minimum Gasteiger partial charge on any atom is -0.349 e. The van der Waals surface area contributed by atoms with Gasteiger partial charge in [0.2, 0.25) is 5.91 Å². The van der Waals surface area contributed by atoms with E-state index in [1.54, 1.807) is 11.3 Å². The van der Waals surface area contributed by atoms with Crippen molar-refractivity contribution >= 4 is 17.2 Å². The van der Waals surface area contributed by atoms with Gasteiger partial charge in [-0.3, -0.25) is 4.79 Å². The summed E-state index contributed by atoms with van der Waals surface area (Å²) in [6.07, 6.45) is 6.40. The van der Waals surface area contributed by atoms with Gasteiger partial charge in [-0.25, -0.2) is 0 Å². The van der Waals surface area contributed by atoms with Crippen molar-refractivity contribution in [1.82, 2.24) is 5.32 Å². The predicted molar refractivity (Wildman–Crippen MR) is 92.3 cm³/mol. The second-order valence-electron chi connectivity index (χ2n) is 6.02. The van der Waals surface area contributed by atoms with E-state index in [4.69, 9.17) is 0 Å². The number of carbonyl (C=O) groups is 1. The van der Waals surface area contributed by atoms with Crippen molar-refractivity contribution in [1.29, 1.82) is 0 Å². The number of hydrogen-bond donors (Lipinski definition) is 1. The van der Waals surface area contributed by atoms with Crippen LogP contribution in [0.3, 0.4) is 0 Å². The molecule has 0 fully saturated rings. The van der Waals surface area contributed by atoms with Gasteiger partial charge in [0, 0.05) is 4.88 Å². The number of benzene rings is 1. The fourth-order valence-electron chi connectivity index (χ4n) is 3.21. The Kier molecular flexibility index (Phi) is 4.94. The summed E-state index contributed by atoms with van der Waals surface area (Å²) in [6.45, 7) is 2.13. The van der Waals surface area contributed by atoms with Gasteiger partial charge in [-0.2, -0.15) is 0 Å². The monoisotopic (exact) mass is 313 g/mol. The first-order valence-corrected chi connectivity index (χ1v) is 9.07. The molecule has 1 N–H and O–H groups in total. The number of aryl methyl sites for hydroxylation is 2. The van der Waals surface area contributed by atoms with Crippen molar-refractivity contribution in [2.75, 3.05) is 0 Å². The number of hydrogen-bond acceptors (Lipinski definition) is 2. The van der Waals surface area contributed by atoms with E-state index in [1.807, 2.05) is 17.5 Å². The molecule has 116 valence electrons. The second-order valence-corrected chi connectivity index (χ2v) is 7.05. The molecule has 0 radical (unpaired) electrons. The molecule has 1 heterocycles. The Balaban J connectivity index is 1.69. The Morgan fingerprint density at radius 2 is 2.05 bits per heavy atom. The van der Waals surface area contributed by atoms with E-state index in [9.17, 15) is 4.79 Å². The highest BCUT2D eigenvalue weighted by Gasteiger charge is 2.16. The van der Waals surface area contributed by atoms with Crippen LogP contribution in [-0.2, 0) is 24.1 Å². The Morgan fingerprint density at radius 1 is 1.23 bits per heavy atom. The first-order valence-electron chi connectivity index (χ1n) is 8.19. The Labute approximate surface area is 136 Å². The molecule has 0 aliphatic heterocycles. The topological polar surface area (TPSA) is 29.1 Å². The van der Waals surface area contributed by atoms with Crippen molar-refractivity contribution in [3.05, 3.63) is 57.3 Å². The van der Waals surface area contributed by atoms with E-state index in [0.717, 1.165) is 11.3 Å². The fourth-order valence-corrected chi connectivity index (χ4v) is 3.91. The summed E-state index contributed by atoms with van der Waals surface area (Å²) in [5.41, 5.74) is 4.23. The first-order chi connectivity index (χ1) is 10.8. The highest BCUT2D eigenvalue weighted by molar-refractivity contribution is 7.10. The lowest BCUT2D eigenvalue weighted by atomic mass is 9.89. The van der Waals surface area contributed by atoms with Gasteiger partial charge >= 0.3 is 0 Å². The molecule has 1 aromatic heterocycles. The van der Waals surface area contributed by atoms with Crippen molar-refractivity contribution in [3.63, 3.8) is 0 Å². The third kappa shape index (κ3) is 3.58. The Hall–Kier alpha value is -1.61. The van der Waals surface area contributed by atoms with Gasteiger partial charge in [-0.05, 0) is 60.2 Å². The molecule has 1 aliphatic rings. The van der Waals surface area contributed by atoms with E-state index < -0.39 is 0 Å². The quantitative estimate of drug-likeness (QED) is 0.869. The highest BCUT2D eigenvalue weighted by Crippen LogP contribution is 2.26. The second kappa shape index (κ2) is 7.10. The van der Waals surface area contributed by atoms with Crippen LogP contribution in [-0.4, -0.2) is 5.91 Å². The maximum absolute atomic E-state index is 12.2. The van der Waals surface area contributed by atoms with Crippen LogP contribution >= 0.6 is 11.3 Å². The molecule has 0 bridgehead atoms. The normalized spacial score (nSPS) is 15.1. The van der Waals surface area contributed by atoms with Gasteiger partial charge in [-0.1, -0.05) is 31.2 Å². The lowest BCUT2D eigenvalue weighted by Gasteiger charge is -2.21. The summed E-state index contributed by atoms with van der Waals surface area (Å²) >= 11 is 1.64. The van der Waals surface area contributed by atoms with Crippen molar-refractivity contribution in [2.45, 2.75) is 51.5 Å². The lowest BCUT2D eigenvalue weighted by molar-refractivity contribution is -0.121. The van der Waals surface area contributed by atoms with Crippen molar-refractivity contribution in [3.8, 4) is 0 Å². The fraction of sp³-hybridized carbons (Fsp3) is 0.421. The predicted octanol–water partition coefficient (Wildman–Crippen LogP) is 4.44. The van der Waals surface area contributed by atoms with Crippen LogP contribution < -0.4 is 5.32 Å². The third-order valence-electron chi connectivity index (χ3n) is 4.43. The molecule has 2 nitrogen and oxygen atoms in total. The molecule has 2 aromatic rings. The van der Waals surface area contributed by atoms with Crippen LogP contribution in [0.5, 0.6) is 0 Å². The molecule has 3 rings (SSSR count). The lowest BCUT2D eigenvalue weighted by Crippen LogP contribution is -2.29. The highest BCUT2D eigenvalue weighted by atomic mass is 32.1. The molecular formula is C19H23NOS. The van der Waals surface area contributed by atoms with Gasteiger partial charge in [0.05, 0.1) is 12.5 Å². The average molecular weight is 313 g/mol. The SMILES string of the molecule is CC[C@H](NC(=O)Cc1cccs1)c1ccc2c(c1)CCCC2. The first kappa shape index (κ1) is 15.3. The average Bonchev–Trinajstić information content (AvgIpc) is 3.05. The number of fused-ring (bicyclic) bond motifs is 1. The van der Waals surface area contributed by atoms with Crippen LogP contribution in [0, 0.1) is 0 Å². The summed E-state index contributed by atoms with van der Waals surface area (Å²) in [5, 5.41) is 5.21. The van der Waals surface area contributed by atoms with Gasteiger partial charge in [-0.15, -0.1) is 11.3 Å². The van der Waals surface area contributed by atoms with Crippen LogP contribution in [0.4, 0.5) is 0 Å². The van der Waals surface area contributed by atoms with E-state index in [0.29, 0.717) is 6.42 Å². The van der Waals surface area contributed by atoms with Crippen LogP contribution in [0.25, 0.3) is 0 Å². The van der Waals surface area contributed by atoms with E-state index >= 15 is 0 Å². The summed E-state index contributed by atoms with van der Waals surface area (Å²) < 4.78 is 0. The van der Waals surface area contributed by atoms with Gasteiger partial charge in [0.15, 0.2) is 0 Å². The number of rotatable bonds is 5. The smallest absolute Gasteiger partial charge is 0.225 e. The Morgan fingerprint density at radius 3 is 2.77 bits per heavy atom. The maximum Gasteiger partial charge on any atom is 0.225 e. The molecule has 1 atom stereocenters. The zero-order valence-electron chi connectivity index (χ0n) is 13.1. The van der Waals surface area contributed by atoms with Crippen LogP contribution in [0.15, 0.2) is 35.7 Å². The molecule has 0 unspecified atom stereocenters. The molecule has 1 amide bonds. The largest absolute Gasteiger partial charge is 0.349 e. The summed E-state index contributed by atoms with van der Waals surface area (Å²) in [4.78, 5) is 13.4.